The first-order valence-corrected chi connectivity index (χ1v) is 9.80. The third-order valence-electron chi connectivity index (χ3n) is 5.01. The largest absolute Gasteiger partial charge is 0.355 e. The molecule has 0 radical (unpaired) electrons. The summed E-state index contributed by atoms with van der Waals surface area (Å²) in [4.78, 5) is 9.28. The van der Waals surface area contributed by atoms with Crippen molar-refractivity contribution in [2.24, 2.45) is 4.99 Å². The number of piperazine rings is 1. The SMILES string of the molecule is CN=C(NCC1CN(C)CCN1C)NC1CCCC(SC)C1. The minimum absolute atomic E-state index is 0.558. The van der Waals surface area contributed by atoms with Gasteiger partial charge >= 0.3 is 0 Å². The van der Waals surface area contributed by atoms with Crippen LogP contribution < -0.4 is 10.6 Å². The molecule has 3 atom stereocenters. The van der Waals surface area contributed by atoms with Crippen molar-refractivity contribution >= 4 is 17.7 Å². The van der Waals surface area contributed by atoms with E-state index in [1.165, 1.54) is 25.7 Å². The Balaban J connectivity index is 1.77. The van der Waals surface area contributed by atoms with Gasteiger partial charge in [0.1, 0.15) is 0 Å². The van der Waals surface area contributed by atoms with Crippen LogP contribution in [0.1, 0.15) is 25.7 Å². The number of rotatable bonds is 4. The molecule has 0 aromatic carbocycles. The van der Waals surface area contributed by atoms with Gasteiger partial charge < -0.3 is 15.5 Å². The molecule has 1 aliphatic heterocycles. The summed E-state index contributed by atoms with van der Waals surface area (Å²) in [5.41, 5.74) is 0. The smallest absolute Gasteiger partial charge is 0.191 e. The molecule has 2 N–H and O–H groups in total. The van der Waals surface area contributed by atoms with Crippen LogP contribution in [0.5, 0.6) is 0 Å². The fourth-order valence-corrected chi connectivity index (χ4v) is 4.24. The maximum atomic E-state index is 4.42. The van der Waals surface area contributed by atoms with Crippen molar-refractivity contribution in [3.8, 4) is 0 Å². The second-order valence-corrected chi connectivity index (χ2v) is 7.85. The lowest BCUT2D eigenvalue weighted by Gasteiger charge is -2.38. The lowest BCUT2D eigenvalue weighted by Crippen LogP contribution is -2.56. The number of guanidine groups is 1. The quantitative estimate of drug-likeness (QED) is 0.597. The summed E-state index contributed by atoms with van der Waals surface area (Å²) in [5.74, 6) is 0.966. The second kappa shape index (κ2) is 8.99. The number of thioether (sulfide) groups is 1. The summed E-state index contributed by atoms with van der Waals surface area (Å²) in [6.07, 6.45) is 7.45. The highest BCUT2D eigenvalue weighted by atomic mass is 32.2. The van der Waals surface area contributed by atoms with Crippen LogP contribution in [0.25, 0.3) is 0 Å². The van der Waals surface area contributed by atoms with Crippen LogP contribution in [0.4, 0.5) is 0 Å². The highest BCUT2D eigenvalue weighted by molar-refractivity contribution is 7.99. The van der Waals surface area contributed by atoms with E-state index in [1.54, 1.807) is 0 Å². The summed E-state index contributed by atoms with van der Waals surface area (Å²) in [5, 5.41) is 7.97. The Labute approximate surface area is 140 Å². The lowest BCUT2D eigenvalue weighted by atomic mass is 9.95. The van der Waals surface area contributed by atoms with Gasteiger partial charge in [-0.1, -0.05) is 6.42 Å². The van der Waals surface area contributed by atoms with E-state index < -0.39 is 0 Å². The number of hydrogen-bond acceptors (Lipinski definition) is 4. The summed E-state index contributed by atoms with van der Waals surface area (Å²) >= 11 is 2.01. The molecular formula is C16H33N5S. The van der Waals surface area contributed by atoms with Gasteiger partial charge in [-0.3, -0.25) is 9.89 Å². The highest BCUT2D eigenvalue weighted by Crippen LogP contribution is 2.26. The van der Waals surface area contributed by atoms with Crippen molar-refractivity contribution in [1.29, 1.82) is 0 Å². The molecule has 2 aliphatic rings. The normalized spacial score (nSPS) is 32.0. The molecule has 128 valence electrons. The molecule has 2 rings (SSSR count). The molecule has 1 aliphatic carbocycles. The topological polar surface area (TPSA) is 42.9 Å². The number of nitrogens with one attached hydrogen (secondary N) is 2. The molecule has 1 saturated heterocycles. The highest BCUT2D eigenvalue weighted by Gasteiger charge is 2.24. The third-order valence-corrected chi connectivity index (χ3v) is 6.10. The van der Waals surface area contributed by atoms with E-state index in [9.17, 15) is 0 Å². The first-order valence-electron chi connectivity index (χ1n) is 8.51. The van der Waals surface area contributed by atoms with Gasteiger partial charge in [-0.25, -0.2) is 0 Å². The van der Waals surface area contributed by atoms with Crippen LogP contribution in [0, 0.1) is 0 Å². The Morgan fingerprint density at radius 2 is 2.09 bits per heavy atom. The molecule has 6 heteroatoms. The van der Waals surface area contributed by atoms with Crippen molar-refractivity contribution < 1.29 is 0 Å². The summed E-state index contributed by atoms with van der Waals surface area (Å²) in [6, 6.07) is 1.13. The van der Waals surface area contributed by atoms with Crippen molar-refractivity contribution in [2.75, 3.05) is 53.6 Å². The number of hydrogen-bond donors (Lipinski definition) is 2. The fourth-order valence-electron chi connectivity index (χ4n) is 3.41. The van der Waals surface area contributed by atoms with E-state index in [-0.39, 0.29) is 0 Å². The van der Waals surface area contributed by atoms with Crippen LogP contribution in [-0.4, -0.2) is 86.7 Å². The second-order valence-electron chi connectivity index (χ2n) is 6.72. The standard InChI is InChI=1S/C16H33N5S/c1-17-16(19-13-6-5-7-15(10-13)22-4)18-11-14-12-20(2)8-9-21(14)3/h13-15H,5-12H2,1-4H3,(H2,17,18,19). The van der Waals surface area contributed by atoms with Crippen LogP contribution in [-0.2, 0) is 0 Å². The minimum Gasteiger partial charge on any atom is -0.355 e. The van der Waals surface area contributed by atoms with Crippen LogP contribution in [0.2, 0.25) is 0 Å². The van der Waals surface area contributed by atoms with Gasteiger partial charge in [0.25, 0.3) is 0 Å². The molecule has 0 amide bonds. The molecule has 22 heavy (non-hydrogen) atoms. The molecule has 5 nitrogen and oxygen atoms in total. The molecule has 0 aromatic rings. The number of likely N-dealkylation sites (N-methyl/N-ethyl adjacent to an activating group) is 2. The monoisotopic (exact) mass is 327 g/mol. The molecule has 1 heterocycles. The minimum atomic E-state index is 0.558. The predicted octanol–water partition coefficient (Wildman–Crippen LogP) is 1.07. The molecule has 0 spiro atoms. The van der Waals surface area contributed by atoms with E-state index in [1.807, 2.05) is 18.8 Å². The van der Waals surface area contributed by atoms with Gasteiger partial charge in [0.2, 0.25) is 0 Å². The summed E-state index contributed by atoms with van der Waals surface area (Å²) in [7, 11) is 6.30. The Morgan fingerprint density at radius 3 is 2.82 bits per heavy atom. The first-order chi connectivity index (χ1) is 10.6. The zero-order valence-electron chi connectivity index (χ0n) is 14.6. The van der Waals surface area contributed by atoms with Gasteiger partial charge in [0.15, 0.2) is 5.96 Å². The maximum absolute atomic E-state index is 4.42. The lowest BCUT2D eigenvalue weighted by molar-refractivity contribution is 0.116. The Morgan fingerprint density at radius 1 is 1.27 bits per heavy atom. The number of aliphatic imine (C=N–C) groups is 1. The zero-order chi connectivity index (χ0) is 15.9. The van der Waals surface area contributed by atoms with Gasteiger partial charge in [-0.15, -0.1) is 0 Å². The molecule has 2 fully saturated rings. The van der Waals surface area contributed by atoms with Gasteiger partial charge in [0.05, 0.1) is 0 Å². The van der Waals surface area contributed by atoms with Crippen LogP contribution >= 0.6 is 11.8 Å². The van der Waals surface area contributed by atoms with E-state index in [2.05, 4.69) is 45.8 Å². The third kappa shape index (κ3) is 5.32. The van der Waals surface area contributed by atoms with E-state index >= 15 is 0 Å². The molecular weight excluding hydrogens is 294 g/mol. The Hall–Kier alpha value is -0.460. The van der Waals surface area contributed by atoms with E-state index in [4.69, 9.17) is 0 Å². The zero-order valence-corrected chi connectivity index (χ0v) is 15.5. The van der Waals surface area contributed by atoms with Gasteiger partial charge in [-0.2, -0.15) is 11.8 Å². The predicted molar refractivity (Wildman–Crippen MR) is 98.0 cm³/mol. The molecule has 0 aromatic heterocycles. The fraction of sp³-hybridized carbons (Fsp3) is 0.938. The Kier molecular flexibility index (Phi) is 7.31. The first kappa shape index (κ1) is 17.9. The van der Waals surface area contributed by atoms with Gasteiger partial charge in [-0.05, 0) is 39.6 Å². The maximum Gasteiger partial charge on any atom is 0.191 e. The van der Waals surface area contributed by atoms with Crippen molar-refractivity contribution in [2.45, 2.75) is 43.0 Å². The average Bonchev–Trinajstić information content (AvgIpc) is 2.54. The average molecular weight is 328 g/mol. The number of nitrogens with zero attached hydrogens (tertiary/aromatic N) is 3. The van der Waals surface area contributed by atoms with Crippen molar-refractivity contribution in [3.63, 3.8) is 0 Å². The van der Waals surface area contributed by atoms with Crippen LogP contribution in [0.15, 0.2) is 4.99 Å². The van der Waals surface area contributed by atoms with Crippen molar-refractivity contribution in [3.05, 3.63) is 0 Å². The molecule has 3 unspecified atom stereocenters. The molecule has 0 bridgehead atoms. The van der Waals surface area contributed by atoms with E-state index in [0.29, 0.717) is 12.1 Å². The van der Waals surface area contributed by atoms with Crippen molar-refractivity contribution in [1.82, 2.24) is 20.4 Å². The Bertz CT molecular complexity index is 362. The summed E-state index contributed by atoms with van der Waals surface area (Å²) in [6.45, 7) is 4.39. The van der Waals surface area contributed by atoms with Gasteiger partial charge in [0, 0.05) is 50.6 Å². The van der Waals surface area contributed by atoms with Crippen LogP contribution in [0.3, 0.4) is 0 Å². The molecule has 1 saturated carbocycles. The summed E-state index contributed by atoms with van der Waals surface area (Å²) < 4.78 is 0. The van der Waals surface area contributed by atoms with E-state index in [0.717, 1.165) is 37.4 Å².